The van der Waals surface area contributed by atoms with Crippen LogP contribution in [0.1, 0.15) is 34.1 Å². The molecule has 0 aromatic heterocycles. The minimum Gasteiger partial charge on any atom is -0.329 e. The van der Waals surface area contributed by atoms with Crippen molar-refractivity contribution in [1.82, 2.24) is 4.72 Å². The van der Waals surface area contributed by atoms with Crippen molar-refractivity contribution in [1.29, 1.82) is 0 Å². The van der Waals surface area contributed by atoms with Crippen molar-refractivity contribution in [2.75, 3.05) is 6.54 Å². The zero-order valence-electron chi connectivity index (χ0n) is 9.70. The fourth-order valence-electron chi connectivity index (χ4n) is 0.768. The molecule has 1 unspecified atom stereocenters. The van der Waals surface area contributed by atoms with Crippen molar-refractivity contribution in [2.24, 2.45) is 11.1 Å². The van der Waals surface area contributed by atoms with Gasteiger partial charge in [-0.3, -0.25) is 9.52 Å². The van der Waals surface area contributed by atoms with E-state index in [9.17, 15) is 13.2 Å². The zero-order chi connectivity index (χ0) is 12.3. The van der Waals surface area contributed by atoms with E-state index >= 15 is 0 Å². The highest BCUT2D eigenvalue weighted by atomic mass is 32.2. The van der Waals surface area contributed by atoms with Gasteiger partial charge in [-0.05, 0) is 27.2 Å². The highest BCUT2D eigenvalue weighted by molar-refractivity contribution is 7.90. The number of hydrogen-bond donors (Lipinski definition) is 2. The van der Waals surface area contributed by atoms with Crippen molar-refractivity contribution in [2.45, 2.75) is 39.4 Å². The first-order valence-electron chi connectivity index (χ1n) is 4.95. The summed E-state index contributed by atoms with van der Waals surface area (Å²) in [5.74, 6) is -0.527. The molecule has 0 aromatic carbocycles. The van der Waals surface area contributed by atoms with Gasteiger partial charge in [0.2, 0.25) is 15.9 Å². The fraction of sp³-hybridized carbons (Fsp3) is 0.889. The molecule has 5 nitrogen and oxygen atoms in total. The summed E-state index contributed by atoms with van der Waals surface area (Å²) in [4.78, 5) is 11.7. The van der Waals surface area contributed by atoms with Crippen LogP contribution in [0.15, 0.2) is 0 Å². The third-order valence-electron chi connectivity index (χ3n) is 2.63. The van der Waals surface area contributed by atoms with E-state index in [1.165, 1.54) is 13.8 Å². The Hall–Kier alpha value is -0.620. The molecule has 15 heavy (non-hydrogen) atoms. The van der Waals surface area contributed by atoms with Crippen LogP contribution in [0.5, 0.6) is 0 Å². The number of hydrogen-bond acceptors (Lipinski definition) is 4. The standard InChI is InChI=1S/C9H20N2O3S/c1-5-9(4,6-10)8(12)11-15(13,14)7(2)3/h7H,5-6,10H2,1-4H3,(H,11,12). The van der Waals surface area contributed by atoms with Gasteiger partial charge in [0.05, 0.1) is 10.7 Å². The predicted octanol–water partition coefficient (Wildman–Crippen LogP) is 0.216. The lowest BCUT2D eigenvalue weighted by Crippen LogP contribution is -2.47. The molecule has 6 heteroatoms. The van der Waals surface area contributed by atoms with E-state index in [0.29, 0.717) is 6.42 Å². The third kappa shape index (κ3) is 3.46. The summed E-state index contributed by atoms with van der Waals surface area (Å²) in [5.41, 5.74) is 4.64. The van der Waals surface area contributed by atoms with Gasteiger partial charge in [0.25, 0.3) is 0 Å². The van der Waals surface area contributed by atoms with Gasteiger partial charge in [-0.1, -0.05) is 6.92 Å². The maximum absolute atomic E-state index is 11.7. The quantitative estimate of drug-likeness (QED) is 0.714. The van der Waals surface area contributed by atoms with E-state index in [2.05, 4.69) is 4.72 Å². The Morgan fingerprint density at radius 3 is 2.20 bits per heavy atom. The number of nitrogens with one attached hydrogen (secondary N) is 1. The van der Waals surface area contributed by atoms with Crippen LogP contribution in [0.25, 0.3) is 0 Å². The molecule has 0 heterocycles. The maximum Gasteiger partial charge on any atom is 0.240 e. The van der Waals surface area contributed by atoms with E-state index in [0.717, 1.165) is 0 Å². The first-order chi connectivity index (χ1) is 6.69. The second kappa shape index (κ2) is 4.94. The monoisotopic (exact) mass is 236 g/mol. The van der Waals surface area contributed by atoms with Gasteiger partial charge in [0, 0.05) is 6.54 Å². The highest BCUT2D eigenvalue weighted by Gasteiger charge is 2.33. The summed E-state index contributed by atoms with van der Waals surface area (Å²) in [6.07, 6.45) is 0.503. The van der Waals surface area contributed by atoms with Crippen LogP contribution >= 0.6 is 0 Å². The average molecular weight is 236 g/mol. The Kier molecular flexibility index (Phi) is 4.73. The molecule has 0 rings (SSSR count). The molecular formula is C9H20N2O3S. The van der Waals surface area contributed by atoms with Gasteiger partial charge in [0.1, 0.15) is 0 Å². The topological polar surface area (TPSA) is 89.3 Å². The molecule has 0 aliphatic carbocycles. The normalized spacial score (nSPS) is 16.1. The van der Waals surface area contributed by atoms with E-state index in [1.807, 2.05) is 0 Å². The Labute approximate surface area is 91.5 Å². The fourth-order valence-corrected chi connectivity index (χ4v) is 1.51. The number of nitrogens with two attached hydrogens (primary N) is 1. The molecule has 0 aromatic rings. The van der Waals surface area contributed by atoms with Gasteiger partial charge < -0.3 is 5.73 Å². The Morgan fingerprint density at radius 2 is 1.93 bits per heavy atom. The summed E-state index contributed by atoms with van der Waals surface area (Å²) >= 11 is 0. The van der Waals surface area contributed by atoms with Crippen molar-refractivity contribution in [3.63, 3.8) is 0 Å². The number of sulfonamides is 1. The van der Waals surface area contributed by atoms with Gasteiger partial charge in [-0.2, -0.15) is 0 Å². The van der Waals surface area contributed by atoms with Crippen molar-refractivity contribution >= 4 is 15.9 Å². The summed E-state index contributed by atoms with van der Waals surface area (Å²) in [7, 11) is -3.56. The van der Waals surface area contributed by atoms with Crippen molar-refractivity contribution < 1.29 is 13.2 Å². The van der Waals surface area contributed by atoms with Gasteiger partial charge >= 0.3 is 0 Å². The lowest BCUT2D eigenvalue weighted by molar-refractivity contribution is -0.127. The highest BCUT2D eigenvalue weighted by Crippen LogP contribution is 2.19. The lowest BCUT2D eigenvalue weighted by Gasteiger charge is -2.25. The predicted molar refractivity (Wildman–Crippen MR) is 59.7 cm³/mol. The van der Waals surface area contributed by atoms with E-state index in [-0.39, 0.29) is 6.54 Å². The van der Waals surface area contributed by atoms with Crippen LogP contribution in [-0.4, -0.2) is 26.1 Å². The first-order valence-corrected chi connectivity index (χ1v) is 6.50. The minimum absolute atomic E-state index is 0.128. The number of rotatable bonds is 5. The largest absolute Gasteiger partial charge is 0.329 e. The minimum atomic E-state index is -3.56. The summed E-state index contributed by atoms with van der Waals surface area (Å²) in [6, 6.07) is 0. The summed E-state index contributed by atoms with van der Waals surface area (Å²) in [5, 5.41) is -0.625. The van der Waals surface area contributed by atoms with Crippen LogP contribution in [0.4, 0.5) is 0 Å². The van der Waals surface area contributed by atoms with E-state index < -0.39 is 26.6 Å². The van der Waals surface area contributed by atoms with E-state index in [4.69, 9.17) is 5.73 Å². The Bertz CT molecular complexity index is 318. The zero-order valence-corrected chi connectivity index (χ0v) is 10.5. The SMILES string of the molecule is CCC(C)(CN)C(=O)NS(=O)(=O)C(C)C. The number of carbonyl (C=O) groups is 1. The van der Waals surface area contributed by atoms with Crippen LogP contribution in [0.2, 0.25) is 0 Å². The third-order valence-corrected chi connectivity index (χ3v) is 4.35. The Balaban J connectivity index is 4.78. The van der Waals surface area contributed by atoms with Crippen molar-refractivity contribution in [3.8, 4) is 0 Å². The molecule has 0 aliphatic heterocycles. The second-order valence-electron chi connectivity index (χ2n) is 4.14. The van der Waals surface area contributed by atoms with E-state index in [1.54, 1.807) is 13.8 Å². The number of carbonyl (C=O) groups excluding carboxylic acids is 1. The van der Waals surface area contributed by atoms with Crippen molar-refractivity contribution in [3.05, 3.63) is 0 Å². The smallest absolute Gasteiger partial charge is 0.240 e. The van der Waals surface area contributed by atoms with Crippen LogP contribution < -0.4 is 10.5 Å². The van der Waals surface area contributed by atoms with Gasteiger partial charge in [0.15, 0.2) is 0 Å². The maximum atomic E-state index is 11.7. The molecular weight excluding hydrogens is 216 g/mol. The van der Waals surface area contributed by atoms with Crippen LogP contribution in [0.3, 0.4) is 0 Å². The lowest BCUT2D eigenvalue weighted by atomic mass is 9.87. The molecule has 0 fully saturated rings. The molecule has 1 amide bonds. The molecule has 0 bridgehead atoms. The Morgan fingerprint density at radius 1 is 1.47 bits per heavy atom. The molecule has 1 atom stereocenters. The molecule has 3 N–H and O–H groups in total. The summed E-state index contributed by atoms with van der Waals surface area (Å²) < 4.78 is 24.9. The van der Waals surface area contributed by atoms with Crippen LogP contribution in [0, 0.1) is 5.41 Å². The number of amides is 1. The van der Waals surface area contributed by atoms with Gasteiger partial charge in [-0.25, -0.2) is 8.42 Å². The average Bonchev–Trinajstić information content (AvgIpc) is 2.15. The molecule has 90 valence electrons. The molecule has 0 radical (unpaired) electrons. The summed E-state index contributed by atoms with van der Waals surface area (Å²) in [6.45, 7) is 6.61. The van der Waals surface area contributed by atoms with Gasteiger partial charge in [-0.15, -0.1) is 0 Å². The molecule has 0 aliphatic rings. The molecule has 0 spiro atoms. The van der Waals surface area contributed by atoms with Crippen LogP contribution in [-0.2, 0) is 14.8 Å². The second-order valence-corrected chi connectivity index (χ2v) is 6.38. The molecule has 0 saturated carbocycles. The molecule has 0 saturated heterocycles. The first kappa shape index (κ1) is 14.4.